The minimum absolute atomic E-state index is 0.105. The first-order chi connectivity index (χ1) is 10.4. The third-order valence-corrected chi connectivity index (χ3v) is 3.84. The quantitative estimate of drug-likeness (QED) is 0.904. The maximum Gasteiger partial charge on any atom is 0.240 e. The van der Waals surface area contributed by atoms with Crippen molar-refractivity contribution in [2.75, 3.05) is 21.3 Å². The lowest BCUT2D eigenvalue weighted by molar-refractivity contribution is 0.394. The summed E-state index contributed by atoms with van der Waals surface area (Å²) in [6.07, 6.45) is 1.61. The van der Waals surface area contributed by atoms with Gasteiger partial charge in [0.05, 0.1) is 37.1 Å². The van der Waals surface area contributed by atoms with E-state index >= 15 is 0 Å². The molecule has 116 valence electrons. The van der Waals surface area contributed by atoms with Gasteiger partial charge < -0.3 is 14.2 Å². The van der Waals surface area contributed by atoms with Crippen LogP contribution in [0.1, 0.15) is 5.56 Å². The molecule has 1 N–H and O–H groups in total. The Labute approximate surface area is 138 Å². The maximum absolute atomic E-state index is 7.85. The van der Waals surface area contributed by atoms with E-state index < -0.39 is 0 Å². The Morgan fingerprint density at radius 1 is 1.05 bits per heavy atom. The lowest BCUT2D eigenvalue weighted by Gasteiger charge is -2.18. The van der Waals surface area contributed by atoms with Gasteiger partial charge in [-0.3, -0.25) is 5.41 Å². The summed E-state index contributed by atoms with van der Waals surface area (Å²) in [6.45, 7) is 3.80. The second-order valence-corrected chi connectivity index (χ2v) is 5.09. The van der Waals surface area contributed by atoms with Crippen molar-refractivity contribution in [1.82, 2.24) is 0 Å². The zero-order chi connectivity index (χ0) is 16.4. The standard InChI is InChI=1S/C15H14Cl2N2O3/c1-7-5-8(19-15(22-4)14(7)18)11-12(16)9(20-2)6-10(21-3)13(11)17/h5-6,18H,1H2,2-4H3. The van der Waals surface area contributed by atoms with Gasteiger partial charge in [-0.25, -0.2) is 4.99 Å². The molecule has 0 radical (unpaired) electrons. The summed E-state index contributed by atoms with van der Waals surface area (Å²) >= 11 is 12.7. The van der Waals surface area contributed by atoms with Crippen molar-refractivity contribution >= 4 is 40.5 Å². The van der Waals surface area contributed by atoms with E-state index in [1.807, 2.05) is 0 Å². The highest BCUT2D eigenvalue weighted by molar-refractivity contribution is 6.47. The van der Waals surface area contributed by atoms with Crippen LogP contribution in [0.5, 0.6) is 11.5 Å². The van der Waals surface area contributed by atoms with Crippen molar-refractivity contribution in [3.05, 3.63) is 39.9 Å². The minimum atomic E-state index is 0.105. The fourth-order valence-electron chi connectivity index (χ4n) is 1.96. The zero-order valence-corrected chi connectivity index (χ0v) is 13.8. The Bertz CT molecular complexity index is 696. The molecule has 2 rings (SSSR count). The van der Waals surface area contributed by atoms with Crippen molar-refractivity contribution in [2.45, 2.75) is 0 Å². The van der Waals surface area contributed by atoms with Crippen molar-refractivity contribution in [3.8, 4) is 11.5 Å². The van der Waals surface area contributed by atoms with Crippen LogP contribution in [-0.2, 0) is 4.74 Å². The van der Waals surface area contributed by atoms with E-state index in [0.717, 1.165) is 0 Å². The van der Waals surface area contributed by atoms with Crippen molar-refractivity contribution in [2.24, 2.45) is 4.99 Å². The molecule has 0 saturated carbocycles. The first-order valence-corrected chi connectivity index (χ1v) is 6.93. The first-order valence-electron chi connectivity index (χ1n) is 6.17. The smallest absolute Gasteiger partial charge is 0.240 e. The SMILES string of the molecule is C=C1C=C(c2c(Cl)c(OC)cc(OC)c2Cl)N=C(OC)C1=N. The second kappa shape index (κ2) is 6.42. The summed E-state index contributed by atoms with van der Waals surface area (Å²) in [7, 11) is 4.41. The molecule has 1 aromatic rings. The Morgan fingerprint density at radius 2 is 1.59 bits per heavy atom. The molecule has 1 aromatic carbocycles. The van der Waals surface area contributed by atoms with Crippen LogP contribution in [0.3, 0.4) is 0 Å². The van der Waals surface area contributed by atoms with E-state index in [-0.39, 0.29) is 11.6 Å². The van der Waals surface area contributed by atoms with Crippen LogP contribution in [0.15, 0.2) is 29.3 Å². The van der Waals surface area contributed by atoms with Gasteiger partial charge in [0.1, 0.15) is 17.2 Å². The summed E-state index contributed by atoms with van der Waals surface area (Å²) in [5.74, 6) is 0.940. The molecule has 7 heteroatoms. The molecule has 0 atom stereocenters. The van der Waals surface area contributed by atoms with Crippen molar-refractivity contribution < 1.29 is 14.2 Å². The highest BCUT2D eigenvalue weighted by Crippen LogP contribution is 2.44. The molecular formula is C15H14Cl2N2O3. The van der Waals surface area contributed by atoms with Gasteiger partial charge in [-0.1, -0.05) is 29.8 Å². The minimum Gasteiger partial charge on any atom is -0.495 e. The van der Waals surface area contributed by atoms with Crippen LogP contribution in [0, 0.1) is 5.41 Å². The van der Waals surface area contributed by atoms with Crippen molar-refractivity contribution in [1.29, 1.82) is 5.41 Å². The number of benzene rings is 1. The zero-order valence-electron chi connectivity index (χ0n) is 12.3. The number of allylic oxidation sites excluding steroid dienone is 1. The number of aliphatic imine (C=N–C) groups is 1. The van der Waals surface area contributed by atoms with E-state index in [0.29, 0.717) is 38.4 Å². The highest BCUT2D eigenvalue weighted by Gasteiger charge is 2.24. The van der Waals surface area contributed by atoms with E-state index in [2.05, 4.69) is 11.6 Å². The summed E-state index contributed by atoms with van der Waals surface area (Å²) in [5.41, 5.74) is 1.40. The lowest BCUT2D eigenvalue weighted by Crippen LogP contribution is -2.19. The molecule has 1 aliphatic rings. The predicted octanol–water partition coefficient (Wildman–Crippen LogP) is 3.99. The van der Waals surface area contributed by atoms with Gasteiger partial charge >= 0.3 is 0 Å². The molecule has 5 nitrogen and oxygen atoms in total. The second-order valence-electron chi connectivity index (χ2n) is 4.33. The van der Waals surface area contributed by atoms with Crippen LogP contribution in [0.4, 0.5) is 0 Å². The van der Waals surface area contributed by atoms with E-state index in [1.165, 1.54) is 21.3 Å². The Kier molecular flexibility index (Phi) is 4.78. The van der Waals surface area contributed by atoms with Crippen molar-refractivity contribution in [3.63, 3.8) is 0 Å². The number of hydrogen-bond donors (Lipinski definition) is 1. The van der Waals surface area contributed by atoms with Gasteiger partial charge in [0.25, 0.3) is 0 Å². The summed E-state index contributed by atoms with van der Waals surface area (Å²) < 4.78 is 15.6. The van der Waals surface area contributed by atoms with Gasteiger partial charge in [0.2, 0.25) is 5.90 Å². The molecule has 0 saturated heterocycles. The third-order valence-electron chi connectivity index (χ3n) is 3.09. The van der Waals surface area contributed by atoms with E-state index in [9.17, 15) is 0 Å². The number of hydrogen-bond acceptors (Lipinski definition) is 5. The number of ether oxygens (including phenoxy) is 3. The molecule has 1 aliphatic heterocycles. The molecule has 0 aliphatic carbocycles. The Hall–Kier alpha value is -1.98. The average Bonchev–Trinajstić information content (AvgIpc) is 2.51. The highest BCUT2D eigenvalue weighted by atomic mass is 35.5. The molecule has 0 bridgehead atoms. The molecule has 0 amide bonds. The average molecular weight is 341 g/mol. The largest absolute Gasteiger partial charge is 0.495 e. The number of methoxy groups -OCH3 is 3. The molecule has 0 spiro atoms. The first kappa shape index (κ1) is 16.4. The van der Waals surface area contributed by atoms with Gasteiger partial charge in [0.15, 0.2) is 0 Å². The predicted molar refractivity (Wildman–Crippen MR) is 88.9 cm³/mol. The molecule has 0 unspecified atom stereocenters. The fraction of sp³-hybridized carbons (Fsp3) is 0.200. The number of nitrogens with zero attached hydrogens (tertiary/aromatic N) is 1. The topological polar surface area (TPSA) is 63.9 Å². The Morgan fingerprint density at radius 3 is 2.05 bits per heavy atom. The number of halogens is 2. The van der Waals surface area contributed by atoms with Gasteiger partial charge in [-0.2, -0.15) is 0 Å². The maximum atomic E-state index is 7.85. The number of nitrogens with one attached hydrogen (secondary N) is 1. The lowest BCUT2D eigenvalue weighted by atomic mass is 10.0. The summed E-state index contributed by atoms with van der Waals surface area (Å²) in [5, 5.41) is 8.44. The summed E-state index contributed by atoms with van der Waals surface area (Å²) in [6, 6.07) is 1.59. The third kappa shape index (κ3) is 2.69. The summed E-state index contributed by atoms with van der Waals surface area (Å²) in [4.78, 5) is 4.26. The Balaban J connectivity index is 2.72. The number of rotatable bonds is 3. The fourth-order valence-corrected chi connectivity index (χ4v) is 2.65. The van der Waals surface area contributed by atoms with E-state index in [4.69, 9.17) is 42.8 Å². The van der Waals surface area contributed by atoms with E-state index in [1.54, 1.807) is 12.1 Å². The molecule has 22 heavy (non-hydrogen) atoms. The molecular weight excluding hydrogens is 327 g/mol. The monoisotopic (exact) mass is 340 g/mol. The van der Waals surface area contributed by atoms with Crippen LogP contribution in [0.25, 0.3) is 5.70 Å². The van der Waals surface area contributed by atoms with Gasteiger partial charge in [-0.15, -0.1) is 0 Å². The van der Waals surface area contributed by atoms with Crippen LogP contribution in [-0.4, -0.2) is 32.9 Å². The van der Waals surface area contributed by atoms with Crippen LogP contribution >= 0.6 is 23.2 Å². The molecule has 1 heterocycles. The molecule has 0 aromatic heterocycles. The molecule has 0 fully saturated rings. The van der Waals surface area contributed by atoms with Gasteiger partial charge in [0, 0.05) is 11.6 Å². The van der Waals surface area contributed by atoms with Crippen LogP contribution in [0.2, 0.25) is 10.0 Å². The van der Waals surface area contributed by atoms with Crippen LogP contribution < -0.4 is 9.47 Å². The normalized spacial score (nSPS) is 14.4. The van der Waals surface area contributed by atoms with Gasteiger partial charge in [-0.05, 0) is 11.6 Å².